The van der Waals surface area contributed by atoms with E-state index in [1.807, 2.05) is 19.9 Å². The molecule has 0 aromatic rings. The summed E-state index contributed by atoms with van der Waals surface area (Å²) in [4.78, 5) is 10.6. The second kappa shape index (κ2) is 5.03. The third-order valence-electron chi connectivity index (χ3n) is 1.29. The maximum atomic E-state index is 10.6. The van der Waals surface area contributed by atoms with Crippen LogP contribution in [0.25, 0.3) is 0 Å². The van der Waals surface area contributed by atoms with Crippen LogP contribution in [0.4, 0.5) is 0 Å². The summed E-state index contributed by atoms with van der Waals surface area (Å²) in [5, 5.41) is 0. The Bertz CT molecular complexity index is 138. The van der Waals surface area contributed by atoms with Gasteiger partial charge in [0.1, 0.15) is 0 Å². The number of hydrogen-bond donors (Lipinski definition) is 1. The van der Waals surface area contributed by atoms with Gasteiger partial charge in [-0.3, -0.25) is 4.79 Å². The van der Waals surface area contributed by atoms with Crippen LogP contribution >= 0.6 is 0 Å². The normalized spacial score (nSPS) is 11.6. The van der Waals surface area contributed by atoms with Gasteiger partial charge in [0.2, 0.25) is 5.91 Å². The van der Waals surface area contributed by atoms with Crippen molar-refractivity contribution in [2.45, 2.75) is 33.1 Å². The van der Waals surface area contributed by atoms with Crippen molar-refractivity contribution in [1.29, 1.82) is 0 Å². The van der Waals surface area contributed by atoms with Gasteiger partial charge in [-0.2, -0.15) is 0 Å². The standard InChI is InChI=1S/C8H15NO/c1-3-5-7(6-4-2)8(9)10/h5H,3-4,6H2,1-2H3,(H2,9,10). The Morgan fingerprint density at radius 1 is 1.50 bits per heavy atom. The van der Waals surface area contributed by atoms with Crippen molar-refractivity contribution >= 4 is 5.91 Å². The zero-order chi connectivity index (χ0) is 7.98. The number of hydrogen-bond acceptors (Lipinski definition) is 1. The van der Waals surface area contributed by atoms with Crippen LogP contribution in [0, 0.1) is 0 Å². The largest absolute Gasteiger partial charge is 0.366 e. The molecule has 2 heteroatoms. The fraction of sp³-hybridized carbons (Fsp3) is 0.625. The van der Waals surface area contributed by atoms with E-state index < -0.39 is 0 Å². The highest BCUT2D eigenvalue weighted by atomic mass is 16.1. The summed E-state index contributed by atoms with van der Waals surface area (Å²) in [6, 6.07) is 0. The van der Waals surface area contributed by atoms with Gasteiger partial charge in [0.25, 0.3) is 0 Å². The molecule has 0 heterocycles. The van der Waals surface area contributed by atoms with Crippen molar-refractivity contribution in [2.24, 2.45) is 5.73 Å². The average Bonchev–Trinajstić information content (AvgIpc) is 1.87. The second-order valence-corrected chi connectivity index (χ2v) is 2.25. The average molecular weight is 141 g/mol. The predicted octanol–water partition coefficient (Wildman–Crippen LogP) is 1.61. The molecular formula is C8H15NO. The topological polar surface area (TPSA) is 43.1 Å². The van der Waals surface area contributed by atoms with Gasteiger partial charge in [-0.25, -0.2) is 0 Å². The number of primary amides is 1. The van der Waals surface area contributed by atoms with Crippen LogP contribution in [0.5, 0.6) is 0 Å². The summed E-state index contributed by atoms with van der Waals surface area (Å²) >= 11 is 0. The summed E-state index contributed by atoms with van der Waals surface area (Å²) in [5.41, 5.74) is 5.87. The highest BCUT2D eigenvalue weighted by molar-refractivity contribution is 5.91. The smallest absolute Gasteiger partial charge is 0.244 e. The third kappa shape index (κ3) is 3.28. The van der Waals surface area contributed by atoms with Crippen LogP contribution in [0.2, 0.25) is 0 Å². The predicted molar refractivity (Wildman–Crippen MR) is 42.5 cm³/mol. The highest BCUT2D eigenvalue weighted by Gasteiger charge is 2.00. The Labute approximate surface area is 62.1 Å². The molecule has 0 atom stereocenters. The van der Waals surface area contributed by atoms with Crippen LogP contribution < -0.4 is 5.73 Å². The minimum Gasteiger partial charge on any atom is -0.366 e. The zero-order valence-corrected chi connectivity index (χ0v) is 6.68. The van der Waals surface area contributed by atoms with Crippen molar-refractivity contribution in [3.05, 3.63) is 11.6 Å². The fourth-order valence-corrected chi connectivity index (χ4v) is 0.842. The quantitative estimate of drug-likeness (QED) is 0.594. The minimum atomic E-state index is -0.274. The maximum Gasteiger partial charge on any atom is 0.244 e. The molecule has 10 heavy (non-hydrogen) atoms. The number of carbonyl (C=O) groups excluding carboxylic acids is 1. The molecule has 0 aromatic heterocycles. The van der Waals surface area contributed by atoms with Crippen LogP contribution in [-0.4, -0.2) is 5.91 Å². The first-order chi connectivity index (χ1) is 4.72. The second-order valence-electron chi connectivity index (χ2n) is 2.25. The summed E-state index contributed by atoms with van der Waals surface area (Å²) in [6.45, 7) is 4.03. The number of allylic oxidation sites excluding steroid dienone is 1. The first-order valence-electron chi connectivity index (χ1n) is 3.71. The van der Waals surface area contributed by atoms with E-state index in [1.165, 1.54) is 0 Å². The number of nitrogens with two attached hydrogens (primary N) is 1. The summed E-state index contributed by atoms with van der Waals surface area (Å²) in [7, 11) is 0. The van der Waals surface area contributed by atoms with Crippen LogP contribution in [0.15, 0.2) is 11.6 Å². The van der Waals surface area contributed by atoms with Crippen LogP contribution in [0.3, 0.4) is 0 Å². The minimum absolute atomic E-state index is 0.274. The Kier molecular flexibility index (Phi) is 4.63. The molecule has 58 valence electrons. The Morgan fingerprint density at radius 2 is 2.10 bits per heavy atom. The molecule has 2 nitrogen and oxygen atoms in total. The lowest BCUT2D eigenvalue weighted by Gasteiger charge is -1.98. The third-order valence-corrected chi connectivity index (χ3v) is 1.29. The van der Waals surface area contributed by atoms with E-state index in [0.717, 1.165) is 24.8 Å². The van der Waals surface area contributed by atoms with E-state index >= 15 is 0 Å². The molecule has 1 amide bonds. The fourth-order valence-electron chi connectivity index (χ4n) is 0.842. The molecule has 0 saturated heterocycles. The number of carbonyl (C=O) groups is 1. The van der Waals surface area contributed by atoms with Crippen molar-refractivity contribution in [2.75, 3.05) is 0 Å². The molecule has 0 aliphatic heterocycles. The van der Waals surface area contributed by atoms with Crippen molar-refractivity contribution in [3.8, 4) is 0 Å². The van der Waals surface area contributed by atoms with Gasteiger partial charge in [0, 0.05) is 5.57 Å². The Hall–Kier alpha value is -0.790. The molecule has 0 unspecified atom stereocenters. The molecule has 0 aliphatic carbocycles. The number of rotatable bonds is 4. The van der Waals surface area contributed by atoms with E-state index in [2.05, 4.69) is 0 Å². The van der Waals surface area contributed by atoms with E-state index in [0.29, 0.717) is 0 Å². The van der Waals surface area contributed by atoms with Gasteiger partial charge in [-0.1, -0.05) is 26.3 Å². The van der Waals surface area contributed by atoms with Crippen molar-refractivity contribution in [1.82, 2.24) is 0 Å². The van der Waals surface area contributed by atoms with Crippen molar-refractivity contribution < 1.29 is 4.79 Å². The summed E-state index contributed by atoms with van der Waals surface area (Å²) in [5.74, 6) is -0.274. The van der Waals surface area contributed by atoms with Gasteiger partial charge in [0.15, 0.2) is 0 Å². The molecular weight excluding hydrogens is 126 g/mol. The van der Waals surface area contributed by atoms with Gasteiger partial charge in [0.05, 0.1) is 0 Å². The molecule has 0 spiro atoms. The molecule has 0 bridgehead atoms. The molecule has 2 N–H and O–H groups in total. The Morgan fingerprint density at radius 3 is 2.40 bits per heavy atom. The first-order valence-corrected chi connectivity index (χ1v) is 3.71. The monoisotopic (exact) mass is 141 g/mol. The lowest BCUT2D eigenvalue weighted by atomic mass is 10.1. The number of amides is 1. The van der Waals surface area contributed by atoms with E-state index in [1.54, 1.807) is 0 Å². The SMILES string of the molecule is CCC=C(CCC)C(N)=O. The van der Waals surface area contributed by atoms with E-state index in [9.17, 15) is 4.79 Å². The van der Waals surface area contributed by atoms with Crippen LogP contribution in [0.1, 0.15) is 33.1 Å². The Balaban J connectivity index is 3.98. The zero-order valence-electron chi connectivity index (χ0n) is 6.68. The lowest BCUT2D eigenvalue weighted by molar-refractivity contribution is -0.114. The first kappa shape index (κ1) is 9.21. The summed E-state index contributed by atoms with van der Waals surface area (Å²) in [6.07, 6.45) is 4.57. The van der Waals surface area contributed by atoms with Crippen molar-refractivity contribution in [3.63, 3.8) is 0 Å². The van der Waals surface area contributed by atoms with Gasteiger partial charge in [-0.15, -0.1) is 0 Å². The van der Waals surface area contributed by atoms with E-state index in [-0.39, 0.29) is 5.91 Å². The molecule has 0 fully saturated rings. The maximum absolute atomic E-state index is 10.6. The molecule has 0 aromatic carbocycles. The lowest BCUT2D eigenvalue weighted by Crippen LogP contribution is -2.13. The summed E-state index contributed by atoms with van der Waals surface area (Å²) < 4.78 is 0. The molecule has 0 radical (unpaired) electrons. The molecule has 0 saturated carbocycles. The van der Waals surface area contributed by atoms with Gasteiger partial charge in [-0.05, 0) is 12.8 Å². The van der Waals surface area contributed by atoms with Gasteiger partial charge >= 0.3 is 0 Å². The molecule has 0 rings (SSSR count). The van der Waals surface area contributed by atoms with Crippen LogP contribution in [-0.2, 0) is 4.79 Å². The molecule has 0 aliphatic rings. The van der Waals surface area contributed by atoms with Gasteiger partial charge < -0.3 is 5.73 Å². The highest BCUT2D eigenvalue weighted by Crippen LogP contribution is 2.04. The van der Waals surface area contributed by atoms with E-state index in [4.69, 9.17) is 5.73 Å².